The SMILES string of the molecule is O=C(/C=C/C1=C(n2cnnn2)C=CC(Cl)C1)N[C@H]1C/C=C\CCC(=O)Nc2ccccc2-c2cnc1[nH]2. The lowest BCUT2D eigenvalue weighted by Gasteiger charge is -2.16. The number of nitrogens with one attached hydrogen (secondary N) is 3. The summed E-state index contributed by atoms with van der Waals surface area (Å²) in [6.45, 7) is 0. The molecule has 5 rings (SSSR count). The van der Waals surface area contributed by atoms with E-state index < -0.39 is 6.04 Å². The third-order valence-corrected chi connectivity index (χ3v) is 6.35. The normalized spacial score (nSPS) is 20.9. The van der Waals surface area contributed by atoms with Crippen molar-refractivity contribution in [3.8, 4) is 11.3 Å². The van der Waals surface area contributed by atoms with Gasteiger partial charge in [0.15, 0.2) is 0 Å². The molecular weight excluding hydrogens is 492 g/mol. The Morgan fingerprint density at radius 1 is 1.24 bits per heavy atom. The van der Waals surface area contributed by atoms with Crippen LogP contribution in [0.2, 0.25) is 0 Å². The van der Waals surface area contributed by atoms with E-state index in [1.807, 2.05) is 48.6 Å². The lowest BCUT2D eigenvalue weighted by atomic mass is 10.0. The molecule has 2 bridgehead atoms. The first-order chi connectivity index (χ1) is 18.1. The van der Waals surface area contributed by atoms with Crippen molar-refractivity contribution in [1.82, 2.24) is 35.5 Å². The lowest BCUT2D eigenvalue weighted by molar-refractivity contribution is -0.117. The van der Waals surface area contributed by atoms with E-state index in [0.717, 1.165) is 22.5 Å². The second-order valence-electron chi connectivity index (χ2n) is 8.66. The highest BCUT2D eigenvalue weighted by atomic mass is 35.5. The molecule has 2 atom stereocenters. The highest BCUT2D eigenvalue weighted by Gasteiger charge is 2.19. The van der Waals surface area contributed by atoms with Gasteiger partial charge in [0.1, 0.15) is 12.2 Å². The molecule has 37 heavy (non-hydrogen) atoms. The van der Waals surface area contributed by atoms with E-state index in [0.29, 0.717) is 37.2 Å². The average Bonchev–Trinajstić information content (AvgIpc) is 3.60. The highest BCUT2D eigenvalue weighted by Crippen LogP contribution is 2.29. The van der Waals surface area contributed by atoms with Gasteiger partial charge in [-0.15, -0.1) is 16.7 Å². The molecule has 188 valence electrons. The molecule has 1 unspecified atom stereocenters. The zero-order chi connectivity index (χ0) is 25.6. The van der Waals surface area contributed by atoms with Crippen LogP contribution in [0, 0.1) is 0 Å². The van der Waals surface area contributed by atoms with E-state index in [9.17, 15) is 9.59 Å². The van der Waals surface area contributed by atoms with E-state index in [4.69, 9.17) is 11.6 Å². The van der Waals surface area contributed by atoms with Crippen molar-refractivity contribution in [3.05, 3.63) is 84.6 Å². The number of H-pyrrole nitrogens is 1. The molecule has 11 heteroatoms. The standard InChI is InChI=1S/C26H25ClN8O2/c27-18-11-12-23(35-16-29-33-34-35)17(14-18)10-13-25(37)31-21-8-2-1-3-9-24(36)30-20-7-5-4-6-19(20)22-15-28-26(21)32-22/h1-2,4-7,10-13,15-16,18,21H,3,8-9,14H2,(H,28,32)(H,30,36)(H,31,37)/b2-1-,13-10+/t18?,21-/m0/s1. The molecule has 1 aliphatic heterocycles. The van der Waals surface area contributed by atoms with Gasteiger partial charge >= 0.3 is 0 Å². The second kappa shape index (κ2) is 11.2. The van der Waals surface area contributed by atoms with Gasteiger partial charge in [0, 0.05) is 18.1 Å². The molecule has 0 spiro atoms. The maximum Gasteiger partial charge on any atom is 0.244 e. The first-order valence-corrected chi connectivity index (χ1v) is 12.4. The molecule has 0 fully saturated rings. The largest absolute Gasteiger partial charge is 0.342 e. The Bertz CT molecular complexity index is 1400. The summed E-state index contributed by atoms with van der Waals surface area (Å²) in [5, 5.41) is 17.1. The number of alkyl halides is 1. The molecule has 2 aromatic heterocycles. The van der Waals surface area contributed by atoms with Crippen LogP contribution in [0.4, 0.5) is 5.69 Å². The van der Waals surface area contributed by atoms with Crippen LogP contribution >= 0.6 is 11.6 Å². The Morgan fingerprint density at radius 3 is 3.00 bits per heavy atom. The van der Waals surface area contributed by atoms with Gasteiger partial charge in [0.05, 0.1) is 34.7 Å². The second-order valence-corrected chi connectivity index (χ2v) is 9.22. The number of nitrogens with zero attached hydrogens (tertiary/aromatic N) is 5. The van der Waals surface area contributed by atoms with Gasteiger partial charge in [-0.1, -0.05) is 42.5 Å². The van der Waals surface area contributed by atoms with Crippen molar-refractivity contribution in [2.24, 2.45) is 0 Å². The Kier molecular flexibility index (Phi) is 7.36. The summed E-state index contributed by atoms with van der Waals surface area (Å²) in [5.41, 5.74) is 3.89. The number of hydrogen-bond acceptors (Lipinski definition) is 6. The summed E-state index contributed by atoms with van der Waals surface area (Å²) >= 11 is 6.32. The molecule has 0 saturated carbocycles. The van der Waals surface area contributed by atoms with Gasteiger partial charge in [-0.05, 0) is 47.4 Å². The smallest absolute Gasteiger partial charge is 0.244 e. The number of imidazole rings is 1. The molecular formula is C26H25ClN8O2. The summed E-state index contributed by atoms with van der Waals surface area (Å²) in [6.07, 6.45) is 16.1. The number of para-hydroxylation sites is 1. The number of amides is 2. The van der Waals surface area contributed by atoms with Crippen molar-refractivity contribution in [2.75, 3.05) is 5.32 Å². The van der Waals surface area contributed by atoms with E-state index in [1.165, 1.54) is 12.4 Å². The number of carbonyl (C=O) groups is 2. The van der Waals surface area contributed by atoms with Gasteiger partial charge in [-0.25, -0.2) is 9.67 Å². The molecule has 2 aliphatic rings. The third-order valence-electron chi connectivity index (χ3n) is 6.05. The van der Waals surface area contributed by atoms with Crippen molar-refractivity contribution in [1.29, 1.82) is 0 Å². The zero-order valence-electron chi connectivity index (χ0n) is 19.8. The summed E-state index contributed by atoms with van der Waals surface area (Å²) in [5.74, 6) is 0.289. The number of halogens is 1. The molecule has 1 aromatic carbocycles. The van der Waals surface area contributed by atoms with Crippen LogP contribution in [0.1, 0.15) is 37.5 Å². The average molecular weight is 517 g/mol. The molecule has 1 aliphatic carbocycles. The molecule has 3 aromatic rings. The van der Waals surface area contributed by atoms with Crippen molar-refractivity contribution < 1.29 is 9.59 Å². The maximum absolute atomic E-state index is 13.0. The Morgan fingerprint density at radius 2 is 2.14 bits per heavy atom. The number of aromatic amines is 1. The van der Waals surface area contributed by atoms with Crippen LogP contribution in [0.15, 0.2) is 78.8 Å². The molecule has 0 radical (unpaired) electrons. The number of carbonyl (C=O) groups excluding carboxylic acids is 2. The number of benzene rings is 1. The molecule has 3 N–H and O–H groups in total. The topological polar surface area (TPSA) is 130 Å². The number of hydrogen-bond donors (Lipinski definition) is 3. The van der Waals surface area contributed by atoms with E-state index in [-0.39, 0.29) is 17.2 Å². The van der Waals surface area contributed by atoms with E-state index >= 15 is 0 Å². The highest BCUT2D eigenvalue weighted by molar-refractivity contribution is 6.22. The van der Waals surface area contributed by atoms with Crippen LogP contribution < -0.4 is 10.6 Å². The van der Waals surface area contributed by atoms with Crippen LogP contribution in [0.5, 0.6) is 0 Å². The number of rotatable bonds is 4. The fourth-order valence-electron chi connectivity index (χ4n) is 4.22. The minimum Gasteiger partial charge on any atom is -0.342 e. The number of tetrazole rings is 1. The Labute approximate surface area is 218 Å². The van der Waals surface area contributed by atoms with Gasteiger partial charge < -0.3 is 15.6 Å². The van der Waals surface area contributed by atoms with Crippen LogP contribution in [0.3, 0.4) is 0 Å². The molecule has 0 saturated heterocycles. The predicted octanol–water partition coefficient (Wildman–Crippen LogP) is 3.93. The first kappa shape index (κ1) is 24.4. The molecule has 3 heterocycles. The zero-order valence-corrected chi connectivity index (χ0v) is 20.6. The predicted molar refractivity (Wildman–Crippen MR) is 140 cm³/mol. The Balaban J connectivity index is 1.38. The summed E-state index contributed by atoms with van der Waals surface area (Å²) < 4.78 is 1.54. The summed E-state index contributed by atoms with van der Waals surface area (Å²) in [6, 6.07) is 7.16. The minimum absolute atomic E-state index is 0.0573. The van der Waals surface area contributed by atoms with Crippen LogP contribution in [0.25, 0.3) is 17.0 Å². The van der Waals surface area contributed by atoms with Gasteiger partial charge in [-0.2, -0.15) is 0 Å². The third kappa shape index (κ3) is 5.92. The van der Waals surface area contributed by atoms with Gasteiger partial charge in [-0.3, -0.25) is 9.59 Å². The Hall–Kier alpha value is -4.31. The fourth-order valence-corrected chi connectivity index (χ4v) is 4.46. The monoisotopic (exact) mass is 516 g/mol. The van der Waals surface area contributed by atoms with Crippen molar-refractivity contribution in [2.45, 2.75) is 37.1 Å². The van der Waals surface area contributed by atoms with Crippen molar-refractivity contribution in [3.63, 3.8) is 0 Å². The number of aromatic nitrogens is 6. The lowest BCUT2D eigenvalue weighted by Crippen LogP contribution is -2.27. The summed E-state index contributed by atoms with van der Waals surface area (Å²) in [4.78, 5) is 33.2. The van der Waals surface area contributed by atoms with Gasteiger partial charge in [0.25, 0.3) is 0 Å². The van der Waals surface area contributed by atoms with Gasteiger partial charge in [0.2, 0.25) is 11.8 Å². The minimum atomic E-state index is -0.390. The molecule has 2 amide bonds. The quantitative estimate of drug-likeness (QED) is 0.273. The number of anilines is 1. The van der Waals surface area contributed by atoms with E-state index in [1.54, 1.807) is 17.0 Å². The molecule has 10 nitrogen and oxygen atoms in total. The maximum atomic E-state index is 13.0. The van der Waals surface area contributed by atoms with E-state index in [2.05, 4.69) is 36.1 Å². The summed E-state index contributed by atoms with van der Waals surface area (Å²) in [7, 11) is 0. The van der Waals surface area contributed by atoms with Crippen LogP contribution in [-0.4, -0.2) is 47.4 Å². The number of fused-ring (bicyclic) bond motifs is 4. The number of allylic oxidation sites excluding steroid dienone is 6. The first-order valence-electron chi connectivity index (χ1n) is 11.9. The van der Waals surface area contributed by atoms with Crippen LogP contribution in [-0.2, 0) is 9.59 Å². The fraction of sp³-hybridized carbons (Fsp3) is 0.231. The van der Waals surface area contributed by atoms with Crippen molar-refractivity contribution >= 4 is 34.8 Å².